The van der Waals surface area contributed by atoms with E-state index in [4.69, 9.17) is 0 Å². The molecule has 0 aliphatic carbocycles. The van der Waals surface area contributed by atoms with E-state index in [9.17, 15) is 9.59 Å². The maximum Gasteiger partial charge on any atom is 0.293 e. The minimum Gasteiger partial charge on any atom is -0.362 e. The van der Waals surface area contributed by atoms with Crippen LogP contribution in [0, 0.1) is 0 Å². The fourth-order valence-corrected chi connectivity index (χ4v) is 3.64. The molecule has 2 heterocycles. The van der Waals surface area contributed by atoms with Crippen LogP contribution in [0.3, 0.4) is 0 Å². The maximum absolute atomic E-state index is 12.6. The second-order valence-electron chi connectivity index (χ2n) is 5.53. The predicted octanol–water partition coefficient (Wildman–Crippen LogP) is 4.40. The van der Waals surface area contributed by atoms with Crippen molar-refractivity contribution in [1.82, 2.24) is 9.88 Å². The zero-order valence-corrected chi connectivity index (χ0v) is 13.5. The minimum absolute atomic E-state index is 0.231. The van der Waals surface area contributed by atoms with E-state index >= 15 is 0 Å². The van der Waals surface area contributed by atoms with Gasteiger partial charge < -0.3 is 4.98 Å². The van der Waals surface area contributed by atoms with Crippen LogP contribution in [0.1, 0.15) is 11.3 Å². The Kier molecular flexibility index (Phi) is 3.70. The molecule has 0 saturated carbocycles. The van der Waals surface area contributed by atoms with Crippen LogP contribution in [0.15, 0.2) is 65.7 Å². The average Bonchev–Trinajstić information content (AvgIpc) is 3.19. The van der Waals surface area contributed by atoms with Crippen LogP contribution in [-0.2, 0) is 11.3 Å². The number of amides is 2. The van der Waals surface area contributed by atoms with Crippen molar-refractivity contribution in [2.24, 2.45) is 0 Å². The fourth-order valence-electron chi connectivity index (χ4n) is 2.81. The number of carbonyl (C=O) groups excluding carboxylic acids is 2. The quantitative estimate of drug-likeness (QED) is 0.722. The number of hydrogen-bond acceptors (Lipinski definition) is 3. The number of carbonyl (C=O) groups is 2. The lowest BCUT2D eigenvalue weighted by molar-refractivity contribution is -0.123. The third-order valence-electron chi connectivity index (χ3n) is 3.99. The summed E-state index contributed by atoms with van der Waals surface area (Å²) in [5.41, 5.74) is 1.78. The first-order chi connectivity index (χ1) is 11.7. The number of nitrogens with one attached hydrogen (secondary N) is 1. The van der Waals surface area contributed by atoms with Gasteiger partial charge in [0.05, 0.1) is 11.4 Å². The lowest BCUT2D eigenvalue weighted by Gasteiger charge is -2.14. The first-order valence-electron chi connectivity index (χ1n) is 7.58. The standard InChI is InChI=1S/C19H14N2O2S/c22-18-17(11-15-8-4-10-20-15)24-19(23)21(18)12-14-7-3-6-13-5-1-2-9-16(13)14/h1-11,20H,12H2/b17-11-. The Hall–Kier alpha value is -2.79. The average molecular weight is 334 g/mol. The zero-order valence-electron chi connectivity index (χ0n) is 12.7. The number of aromatic amines is 1. The van der Waals surface area contributed by atoms with Gasteiger partial charge in [-0.1, -0.05) is 42.5 Å². The van der Waals surface area contributed by atoms with Gasteiger partial charge in [0.2, 0.25) is 0 Å². The van der Waals surface area contributed by atoms with Gasteiger partial charge in [-0.2, -0.15) is 0 Å². The van der Waals surface area contributed by atoms with E-state index in [-0.39, 0.29) is 17.7 Å². The Bertz CT molecular complexity index is 955. The summed E-state index contributed by atoms with van der Waals surface area (Å²) in [6.07, 6.45) is 3.50. The molecule has 0 radical (unpaired) electrons. The van der Waals surface area contributed by atoms with Crippen molar-refractivity contribution in [3.63, 3.8) is 0 Å². The van der Waals surface area contributed by atoms with E-state index in [1.165, 1.54) is 4.90 Å². The summed E-state index contributed by atoms with van der Waals surface area (Å²) >= 11 is 0.983. The number of thioether (sulfide) groups is 1. The van der Waals surface area contributed by atoms with Crippen LogP contribution in [0.5, 0.6) is 0 Å². The molecule has 0 spiro atoms. The van der Waals surface area contributed by atoms with Crippen molar-refractivity contribution in [3.05, 3.63) is 77.0 Å². The SMILES string of the molecule is O=C1S/C(=C\c2ccc[nH]2)C(=O)N1Cc1cccc2ccccc12. The Morgan fingerprint density at radius 2 is 1.83 bits per heavy atom. The van der Waals surface area contributed by atoms with Gasteiger partial charge in [-0.05, 0) is 46.3 Å². The number of benzene rings is 2. The summed E-state index contributed by atoms with van der Waals surface area (Å²) in [7, 11) is 0. The molecule has 2 aromatic carbocycles. The van der Waals surface area contributed by atoms with Crippen LogP contribution >= 0.6 is 11.8 Å². The monoisotopic (exact) mass is 334 g/mol. The maximum atomic E-state index is 12.6. The summed E-state index contributed by atoms with van der Waals surface area (Å²) in [5.74, 6) is -0.243. The van der Waals surface area contributed by atoms with Crippen molar-refractivity contribution in [2.45, 2.75) is 6.54 Å². The molecule has 1 aliphatic heterocycles. The second kappa shape index (κ2) is 6.02. The Balaban J connectivity index is 1.65. The van der Waals surface area contributed by atoms with Gasteiger partial charge in [0.25, 0.3) is 11.1 Å². The molecule has 5 heteroatoms. The van der Waals surface area contributed by atoms with Crippen molar-refractivity contribution in [2.75, 3.05) is 0 Å². The van der Waals surface area contributed by atoms with Crippen LogP contribution in [0.4, 0.5) is 4.79 Å². The van der Waals surface area contributed by atoms with Crippen molar-refractivity contribution in [1.29, 1.82) is 0 Å². The van der Waals surface area contributed by atoms with E-state index in [1.807, 2.05) is 54.6 Å². The Morgan fingerprint density at radius 1 is 1.00 bits per heavy atom. The predicted molar refractivity (Wildman–Crippen MR) is 96.3 cm³/mol. The van der Waals surface area contributed by atoms with Gasteiger partial charge >= 0.3 is 0 Å². The highest BCUT2D eigenvalue weighted by atomic mass is 32.2. The molecule has 1 saturated heterocycles. The number of hydrogen-bond donors (Lipinski definition) is 1. The third-order valence-corrected chi connectivity index (χ3v) is 4.90. The normalized spacial score (nSPS) is 16.5. The summed E-state index contributed by atoms with van der Waals surface area (Å²) < 4.78 is 0. The number of fused-ring (bicyclic) bond motifs is 1. The Morgan fingerprint density at radius 3 is 2.67 bits per heavy atom. The second-order valence-corrected chi connectivity index (χ2v) is 6.52. The third kappa shape index (κ3) is 2.63. The Labute approximate surface area is 143 Å². The molecule has 3 aromatic rings. The summed E-state index contributed by atoms with van der Waals surface area (Å²) in [6, 6.07) is 17.6. The number of rotatable bonds is 3. The summed E-state index contributed by atoms with van der Waals surface area (Å²) in [4.78, 5) is 29.6. The van der Waals surface area contributed by atoms with E-state index in [2.05, 4.69) is 4.98 Å². The summed E-state index contributed by atoms with van der Waals surface area (Å²) in [5, 5.41) is 1.93. The lowest BCUT2D eigenvalue weighted by Crippen LogP contribution is -2.27. The number of H-pyrrole nitrogens is 1. The molecule has 0 unspecified atom stereocenters. The van der Waals surface area contributed by atoms with E-state index < -0.39 is 0 Å². The zero-order chi connectivity index (χ0) is 16.5. The smallest absolute Gasteiger partial charge is 0.293 e. The molecule has 1 fully saturated rings. The molecule has 24 heavy (non-hydrogen) atoms. The molecule has 1 aliphatic rings. The molecule has 1 N–H and O–H groups in total. The van der Waals surface area contributed by atoms with Gasteiger partial charge in [0.1, 0.15) is 0 Å². The summed E-state index contributed by atoms with van der Waals surface area (Å²) in [6.45, 7) is 0.286. The topological polar surface area (TPSA) is 53.2 Å². The molecule has 118 valence electrons. The van der Waals surface area contributed by atoms with Gasteiger partial charge in [0.15, 0.2) is 0 Å². The van der Waals surface area contributed by atoms with Crippen LogP contribution in [-0.4, -0.2) is 21.0 Å². The first kappa shape index (κ1) is 14.8. The van der Waals surface area contributed by atoms with E-state index in [0.717, 1.165) is 33.8 Å². The van der Waals surface area contributed by atoms with Gasteiger partial charge in [-0.25, -0.2) is 0 Å². The van der Waals surface area contributed by atoms with E-state index in [0.29, 0.717) is 4.91 Å². The molecule has 4 nitrogen and oxygen atoms in total. The van der Waals surface area contributed by atoms with Crippen LogP contribution < -0.4 is 0 Å². The molecule has 0 bridgehead atoms. The van der Waals surface area contributed by atoms with Gasteiger partial charge in [-0.15, -0.1) is 0 Å². The highest BCUT2D eigenvalue weighted by molar-refractivity contribution is 8.18. The number of imide groups is 1. The van der Waals surface area contributed by atoms with E-state index in [1.54, 1.807) is 12.3 Å². The fraction of sp³-hybridized carbons (Fsp3) is 0.0526. The highest BCUT2D eigenvalue weighted by Crippen LogP contribution is 2.34. The molecule has 4 rings (SSSR count). The van der Waals surface area contributed by atoms with Crippen LogP contribution in [0.2, 0.25) is 0 Å². The first-order valence-corrected chi connectivity index (χ1v) is 8.39. The number of nitrogens with zero attached hydrogens (tertiary/aromatic N) is 1. The van der Waals surface area contributed by atoms with Gasteiger partial charge in [-0.3, -0.25) is 14.5 Å². The molecule has 0 atom stereocenters. The lowest BCUT2D eigenvalue weighted by atomic mass is 10.0. The minimum atomic E-state index is -0.243. The van der Waals surface area contributed by atoms with Gasteiger partial charge in [0, 0.05) is 11.9 Å². The molecule has 1 aromatic heterocycles. The van der Waals surface area contributed by atoms with Crippen molar-refractivity contribution >= 4 is 39.8 Å². The van der Waals surface area contributed by atoms with Crippen molar-refractivity contribution in [3.8, 4) is 0 Å². The van der Waals surface area contributed by atoms with Crippen molar-refractivity contribution < 1.29 is 9.59 Å². The molecule has 2 amide bonds. The molecular formula is C19H14N2O2S. The highest BCUT2D eigenvalue weighted by Gasteiger charge is 2.35. The van der Waals surface area contributed by atoms with Crippen LogP contribution in [0.25, 0.3) is 16.8 Å². The molecular weight excluding hydrogens is 320 g/mol. The number of aromatic nitrogens is 1. The largest absolute Gasteiger partial charge is 0.362 e.